The molecule has 0 amide bonds. The molecule has 1 fully saturated rings. The monoisotopic (exact) mass is 371 g/mol. The first-order valence-electron chi connectivity index (χ1n) is 8.92. The van der Waals surface area contributed by atoms with E-state index in [0.717, 1.165) is 18.7 Å². The van der Waals surface area contributed by atoms with Gasteiger partial charge >= 0.3 is 5.97 Å². The van der Waals surface area contributed by atoms with Crippen molar-refractivity contribution in [2.24, 2.45) is 0 Å². The number of carbonyl (C=O) groups is 1. The van der Waals surface area contributed by atoms with Gasteiger partial charge in [0.25, 0.3) is 0 Å². The van der Waals surface area contributed by atoms with Gasteiger partial charge in [-0.15, -0.1) is 0 Å². The predicted octanol–water partition coefficient (Wildman–Crippen LogP) is 4.30. The Hall–Kier alpha value is -1.82. The Morgan fingerprint density at radius 2 is 1.88 bits per heavy atom. The van der Waals surface area contributed by atoms with Crippen LogP contribution in [-0.2, 0) is 9.53 Å². The Kier molecular flexibility index (Phi) is 6.35. The zero-order valence-corrected chi connectivity index (χ0v) is 16.1. The van der Waals surface area contributed by atoms with Crippen molar-refractivity contribution in [2.45, 2.75) is 36.2 Å². The lowest BCUT2D eigenvalue weighted by Crippen LogP contribution is -2.39. The second kappa shape index (κ2) is 8.71. The van der Waals surface area contributed by atoms with E-state index < -0.39 is 5.97 Å². The molecule has 1 unspecified atom stereocenters. The lowest BCUT2D eigenvalue weighted by atomic mass is 10.1. The minimum atomic E-state index is -0.749. The maximum absolute atomic E-state index is 10.8. The number of ether oxygens (including phenoxy) is 1. The summed E-state index contributed by atoms with van der Waals surface area (Å²) in [6, 6.07) is 14.9. The summed E-state index contributed by atoms with van der Waals surface area (Å²) in [7, 11) is 0. The molecule has 0 saturated carbocycles. The maximum Gasteiger partial charge on any atom is 0.304 e. The second-order valence-electron chi connectivity index (χ2n) is 6.70. The van der Waals surface area contributed by atoms with Crippen molar-refractivity contribution in [3.8, 4) is 0 Å². The largest absolute Gasteiger partial charge is 0.481 e. The number of hydrogen-bond acceptors (Lipinski definition) is 4. The van der Waals surface area contributed by atoms with E-state index in [1.807, 2.05) is 0 Å². The van der Waals surface area contributed by atoms with E-state index in [1.54, 1.807) is 11.8 Å². The molecule has 0 aliphatic carbocycles. The fraction of sp³-hybridized carbons (Fsp3) is 0.381. The van der Waals surface area contributed by atoms with Crippen molar-refractivity contribution in [1.82, 2.24) is 4.90 Å². The van der Waals surface area contributed by atoms with E-state index in [9.17, 15) is 4.79 Å². The Morgan fingerprint density at radius 1 is 1.19 bits per heavy atom. The van der Waals surface area contributed by atoms with Crippen LogP contribution in [0.3, 0.4) is 0 Å². The lowest BCUT2D eigenvalue weighted by Gasteiger charge is -2.32. The number of aliphatic carboxylic acids is 1. The quantitative estimate of drug-likeness (QED) is 0.820. The number of benzene rings is 2. The molecule has 0 bridgehead atoms. The minimum absolute atomic E-state index is 0.0109. The Balaban J connectivity index is 1.64. The van der Waals surface area contributed by atoms with Crippen molar-refractivity contribution in [1.29, 1.82) is 0 Å². The van der Waals surface area contributed by atoms with Gasteiger partial charge in [-0.25, -0.2) is 0 Å². The molecule has 0 spiro atoms. The fourth-order valence-electron chi connectivity index (χ4n) is 3.19. The molecule has 1 aliphatic heterocycles. The van der Waals surface area contributed by atoms with E-state index >= 15 is 0 Å². The standard InChI is InChI=1S/C21H25NO3S/c1-15-4-3-5-16(2)21(15)26-18-8-6-17(7-9-18)19-14-22(12-13-25-19)11-10-20(23)24/h3-9,19H,10-14H2,1-2H3,(H,23,24). The third-order valence-corrected chi connectivity index (χ3v) is 6.03. The van der Waals surface area contributed by atoms with E-state index in [-0.39, 0.29) is 12.5 Å². The van der Waals surface area contributed by atoms with Gasteiger partial charge in [0, 0.05) is 29.4 Å². The molecule has 0 radical (unpaired) electrons. The summed E-state index contributed by atoms with van der Waals surface area (Å²) in [5.41, 5.74) is 3.74. The lowest BCUT2D eigenvalue weighted by molar-refractivity contribution is -0.137. The summed E-state index contributed by atoms with van der Waals surface area (Å²) in [5, 5.41) is 8.86. The summed E-state index contributed by atoms with van der Waals surface area (Å²) in [6.07, 6.45) is 0.190. The predicted molar refractivity (Wildman–Crippen MR) is 104 cm³/mol. The molecule has 1 N–H and O–H groups in total. The summed E-state index contributed by atoms with van der Waals surface area (Å²) in [5.74, 6) is -0.749. The molecule has 5 heteroatoms. The molecule has 1 atom stereocenters. The third-order valence-electron chi connectivity index (χ3n) is 4.67. The van der Waals surface area contributed by atoms with Gasteiger partial charge in [-0.3, -0.25) is 9.69 Å². The van der Waals surface area contributed by atoms with Crippen molar-refractivity contribution in [2.75, 3.05) is 26.2 Å². The van der Waals surface area contributed by atoms with Crippen LogP contribution in [-0.4, -0.2) is 42.2 Å². The van der Waals surface area contributed by atoms with Gasteiger partial charge in [0.2, 0.25) is 0 Å². The summed E-state index contributed by atoms with van der Waals surface area (Å²) in [6.45, 7) is 7.05. The highest BCUT2D eigenvalue weighted by molar-refractivity contribution is 7.99. The average Bonchev–Trinajstić information content (AvgIpc) is 2.64. The minimum Gasteiger partial charge on any atom is -0.481 e. The van der Waals surface area contributed by atoms with Crippen LogP contribution >= 0.6 is 11.8 Å². The molecule has 2 aromatic rings. The number of carboxylic acids is 1. The molecule has 2 aromatic carbocycles. The van der Waals surface area contributed by atoms with Crippen molar-refractivity contribution in [3.05, 3.63) is 59.2 Å². The van der Waals surface area contributed by atoms with Crippen LogP contribution in [0.2, 0.25) is 0 Å². The van der Waals surface area contributed by atoms with Crippen LogP contribution in [0, 0.1) is 13.8 Å². The van der Waals surface area contributed by atoms with E-state index in [1.165, 1.54) is 20.9 Å². The zero-order valence-electron chi connectivity index (χ0n) is 15.3. The number of rotatable bonds is 6. The molecule has 1 heterocycles. The first kappa shape index (κ1) is 19.0. The second-order valence-corrected chi connectivity index (χ2v) is 7.78. The normalized spacial score (nSPS) is 18.0. The van der Waals surface area contributed by atoms with Crippen LogP contribution in [0.1, 0.15) is 29.2 Å². The van der Waals surface area contributed by atoms with Gasteiger partial charge in [0.15, 0.2) is 0 Å². The Bertz CT molecular complexity index is 740. The van der Waals surface area contributed by atoms with Crippen LogP contribution in [0.4, 0.5) is 0 Å². The van der Waals surface area contributed by atoms with Crippen molar-refractivity contribution < 1.29 is 14.6 Å². The molecule has 1 aliphatic rings. The molecule has 26 heavy (non-hydrogen) atoms. The summed E-state index contributed by atoms with van der Waals surface area (Å²) >= 11 is 1.79. The van der Waals surface area contributed by atoms with Crippen molar-refractivity contribution in [3.63, 3.8) is 0 Å². The van der Waals surface area contributed by atoms with Crippen LogP contribution in [0.25, 0.3) is 0 Å². The van der Waals surface area contributed by atoms with Gasteiger partial charge in [-0.1, -0.05) is 42.1 Å². The first-order valence-corrected chi connectivity index (χ1v) is 9.74. The van der Waals surface area contributed by atoms with Gasteiger partial charge in [-0.2, -0.15) is 0 Å². The molecular formula is C21H25NO3S. The fourth-order valence-corrected chi connectivity index (χ4v) is 4.16. The first-order chi connectivity index (χ1) is 12.5. The average molecular weight is 372 g/mol. The van der Waals surface area contributed by atoms with Gasteiger partial charge in [0.05, 0.1) is 19.1 Å². The molecule has 0 aromatic heterocycles. The van der Waals surface area contributed by atoms with Crippen molar-refractivity contribution >= 4 is 17.7 Å². The molecular weight excluding hydrogens is 346 g/mol. The van der Waals surface area contributed by atoms with Gasteiger partial charge < -0.3 is 9.84 Å². The molecule has 3 rings (SSSR count). The summed E-state index contributed by atoms with van der Waals surface area (Å²) in [4.78, 5) is 15.5. The van der Waals surface area contributed by atoms with Crippen LogP contribution in [0.15, 0.2) is 52.3 Å². The number of nitrogens with zero attached hydrogens (tertiary/aromatic N) is 1. The van der Waals surface area contributed by atoms with E-state index in [0.29, 0.717) is 13.2 Å². The number of hydrogen-bond donors (Lipinski definition) is 1. The molecule has 4 nitrogen and oxygen atoms in total. The number of morpholine rings is 1. The zero-order chi connectivity index (χ0) is 18.5. The molecule has 1 saturated heterocycles. The highest BCUT2D eigenvalue weighted by atomic mass is 32.2. The Morgan fingerprint density at radius 3 is 2.54 bits per heavy atom. The highest BCUT2D eigenvalue weighted by Crippen LogP contribution is 2.34. The SMILES string of the molecule is Cc1cccc(C)c1Sc1ccc(C2CN(CCC(=O)O)CCO2)cc1. The Labute approximate surface area is 159 Å². The summed E-state index contributed by atoms with van der Waals surface area (Å²) < 4.78 is 5.90. The van der Waals surface area contributed by atoms with Crippen LogP contribution < -0.4 is 0 Å². The smallest absolute Gasteiger partial charge is 0.304 e. The topological polar surface area (TPSA) is 49.8 Å². The maximum atomic E-state index is 10.8. The molecule has 138 valence electrons. The number of aryl methyl sites for hydroxylation is 2. The highest BCUT2D eigenvalue weighted by Gasteiger charge is 2.22. The number of carboxylic acid groups (broad SMARTS) is 1. The third kappa shape index (κ3) is 4.87. The van der Waals surface area contributed by atoms with Gasteiger partial charge in [-0.05, 0) is 42.7 Å². The van der Waals surface area contributed by atoms with Gasteiger partial charge in [0.1, 0.15) is 0 Å². The van der Waals surface area contributed by atoms with E-state index in [2.05, 4.69) is 61.2 Å². The van der Waals surface area contributed by atoms with E-state index in [4.69, 9.17) is 9.84 Å². The van der Waals surface area contributed by atoms with Crippen LogP contribution in [0.5, 0.6) is 0 Å².